The van der Waals surface area contributed by atoms with Gasteiger partial charge in [-0.15, -0.1) is 0 Å². The van der Waals surface area contributed by atoms with Crippen LogP contribution in [0.15, 0.2) is 6.20 Å². The summed E-state index contributed by atoms with van der Waals surface area (Å²) in [7, 11) is -3.28. The molecule has 0 amide bonds. The van der Waals surface area contributed by atoms with Gasteiger partial charge in [0.25, 0.3) is 0 Å². The highest BCUT2D eigenvalue weighted by atomic mass is 32.2. The minimum absolute atomic E-state index is 0.0532. The fourth-order valence-corrected chi connectivity index (χ4v) is 4.30. The molecule has 1 aromatic heterocycles. The van der Waals surface area contributed by atoms with Crippen molar-refractivity contribution in [1.29, 1.82) is 0 Å². The number of piperidine rings is 1. The Labute approximate surface area is 172 Å². The van der Waals surface area contributed by atoms with Crippen LogP contribution in [0, 0.1) is 0 Å². The lowest BCUT2D eigenvalue weighted by molar-refractivity contribution is -0.152. The highest BCUT2D eigenvalue weighted by Gasteiger charge is 2.41. The number of hydrogen-bond acceptors (Lipinski definition) is 8. The van der Waals surface area contributed by atoms with Crippen molar-refractivity contribution in [3.05, 3.63) is 11.8 Å². The van der Waals surface area contributed by atoms with E-state index in [1.54, 1.807) is 0 Å². The highest BCUT2D eigenvalue weighted by Crippen LogP contribution is 2.37. The van der Waals surface area contributed by atoms with Crippen molar-refractivity contribution in [2.75, 3.05) is 37.9 Å². The van der Waals surface area contributed by atoms with Gasteiger partial charge in [0, 0.05) is 31.7 Å². The summed E-state index contributed by atoms with van der Waals surface area (Å²) in [6.07, 6.45) is -2.75. The number of alkyl halides is 3. The molecule has 2 aliphatic rings. The molecule has 2 fully saturated rings. The van der Waals surface area contributed by atoms with Crippen molar-refractivity contribution >= 4 is 16.0 Å². The Balaban J connectivity index is 1.76. The Kier molecular flexibility index (Phi) is 6.46. The van der Waals surface area contributed by atoms with Crippen LogP contribution in [-0.2, 0) is 20.9 Å². The monoisotopic (exact) mass is 454 g/mol. The zero-order chi connectivity index (χ0) is 22.2. The lowest BCUT2D eigenvalue weighted by atomic mass is 9.95. The molecule has 2 saturated heterocycles. The third kappa shape index (κ3) is 5.50. The molecule has 0 spiro atoms. The van der Waals surface area contributed by atoms with Crippen LogP contribution >= 0.6 is 0 Å². The summed E-state index contributed by atoms with van der Waals surface area (Å²) < 4.78 is 75.4. The maximum absolute atomic E-state index is 13.4. The lowest BCUT2D eigenvalue weighted by Crippen LogP contribution is -2.51. The van der Waals surface area contributed by atoms with Gasteiger partial charge in [-0.05, 0) is 19.8 Å². The quantitative estimate of drug-likeness (QED) is 0.684. The van der Waals surface area contributed by atoms with Gasteiger partial charge in [0.1, 0.15) is 17.3 Å². The van der Waals surface area contributed by atoms with Crippen LogP contribution in [0.4, 0.5) is 19.1 Å². The molecule has 2 N–H and O–H groups in total. The van der Waals surface area contributed by atoms with Crippen LogP contribution in [0.2, 0.25) is 0 Å². The second-order valence-corrected chi connectivity index (χ2v) is 9.78. The van der Waals surface area contributed by atoms with Crippen LogP contribution in [0.1, 0.15) is 31.7 Å². The maximum Gasteiger partial charge on any atom is 0.423 e. The van der Waals surface area contributed by atoms with E-state index in [0.717, 1.165) is 6.26 Å². The Morgan fingerprint density at radius 2 is 2.00 bits per heavy atom. The molecule has 0 unspecified atom stereocenters. The Hall–Kier alpha value is -1.70. The zero-order valence-corrected chi connectivity index (χ0v) is 17.5. The van der Waals surface area contributed by atoms with E-state index in [-0.39, 0.29) is 31.6 Å². The summed E-state index contributed by atoms with van der Waals surface area (Å²) in [5.74, 6) is -0.719. The maximum atomic E-state index is 13.4. The van der Waals surface area contributed by atoms with Crippen molar-refractivity contribution in [3.8, 4) is 5.88 Å². The summed E-state index contributed by atoms with van der Waals surface area (Å²) in [6, 6.07) is -0.196. The molecule has 0 aliphatic carbocycles. The molecule has 3 rings (SSSR count). The molecule has 3 heterocycles. The van der Waals surface area contributed by atoms with Crippen molar-refractivity contribution in [2.45, 2.75) is 50.1 Å². The summed E-state index contributed by atoms with van der Waals surface area (Å²) in [6.45, 7) is 2.21. The first-order valence-electron chi connectivity index (χ1n) is 9.49. The van der Waals surface area contributed by atoms with Gasteiger partial charge in [0.2, 0.25) is 21.9 Å². The third-order valence-electron chi connectivity index (χ3n) is 5.18. The average molecular weight is 454 g/mol. The third-order valence-corrected chi connectivity index (χ3v) is 6.48. The number of nitrogens with one attached hydrogen (secondary N) is 1. The molecule has 13 heteroatoms. The Morgan fingerprint density at radius 1 is 1.33 bits per heavy atom. The second kappa shape index (κ2) is 8.44. The van der Waals surface area contributed by atoms with Gasteiger partial charge < -0.3 is 19.9 Å². The van der Waals surface area contributed by atoms with Gasteiger partial charge in [0.15, 0.2) is 0 Å². The minimum atomic E-state index is -4.73. The van der Waals surface area contributed by atoms with Gasteiger partial charge in [-0.1, -0.05) is 0 Å². The molecule has 2 aliphatic heterocycles. The highest BCUT2D eigenvalue weighted by molar-refractivity contribution is 7.88. The van der Waals surface area contributed by atoms with Gasteiger partial charge in [0.05, 0.1) is 19.5 Å². The average Bonchev–Trinajstić information content (AvgIpc) is 2.62. The fourth-order valence-electron chi connectivity index (χ4n) is 3.43. The topological polar surface area (TPSA) is 114 Å². The molecule has 0 saturated carbocycles. The molecular weight excluding hydrogens is 429 g/mol. The zero-order valence-electron chi connectivity index (χ0n) is 16.6. The number of sulfonamides is 1. The molecule has 30 heavy (non-hydrogen) atoms. The van der Waals surface area contributed by atoms with Crippen LogP contribution in [-0.4, -0.2) is 78.1 Å². The predicted octanol–water partition coefficient (Wildman–Crippen LogP) is 1.25. The number of aliphatic hydroxyl groups is 1. The summed E-state index contributed by atoms with van der Waals surface area (Å²) in [5.41, 5.74) is -2.60. The van der Waals surface area contributed by atoms with E-state index >= 15 is 0 Å². The minimum Gasteiger partial charge on any atom is -0.471 e. The molecule has 0 radical (unpaired) electrons. The largest absolute Gasteiger partial charge is 0.471 e. The molecule has 0 aromatic carbocycles. The van der Waals surface area contributed by atoms with Crippen LogP contribution in [0.3, 0.4) is 0 Å². The number of hydrogen-bond donors (Lipinski definition) is 2. The van der Waals surface area contributed by atoms with E-state index in [9.17, 15) is 26.7 Å². The van der Waals surface area contributed by atoms with E-state index < -0.39 is 39.3 Å². The van der Waals surface area contributed by atoms with Crippen LogP contribution < -0.4 is 10.1 Å². The van der Waals surface area contributed by atoms with E-state index in [1.807, 2.05) is 0 Å². The van der Waals surface area contributed by atoms with E-state index in [0.29, 0.717) is 32.1 Å². The smallest absolute Gasteiger partial charge is 0.423 e. The first kappa shape index (κ1) is 23.0. The first-order chi connectivity index (χ1) is 13.9. The normalized spacial score (nSPS) is 27.1. The van der Waals surface area contributed by atoms with Crippen molar-refractivity contribution < 1.29 is 36.2 Å². The molecule has 9 nitrogen and oxygen atoms in total. The number of halogens is 3. The van der Waals surface area contributed by atoms with Gasteiger partial charge >= 0.3 is 6.18 Å². The summed E-state index contributed by atoms with van der Waals surface area (Å²) in [4.78, 5) is 7.67. The number of anilines is 1. The Morgan fingerprint density at radius 3 is 2.57 bits per heavy atom. The predicted molar refractivity (Wildman–Crippen MR) is 101 cm³/mol. The van der Waals surface area contributed by atoms with Crippen LogP contribution in [0.25, 0.3) is 0 Å². The molecule has 170 valence electrons. The first-order valence-corrected chi connectivity index (χ1v) is 11.3. The standard InChI is InChI=1S/C17H25F3N4O5S/c1-16(25)10-28-8-5-13(16)29-14-12(17(18,19)20)9-21-15(23-14)22-11-3-6-24(7-4-11)30(2,26)27/h9,11,13,25H,3-8,10H2,1-2H3,(H,21,22,23)/t13-,16+/m0/s1. The SMILES string of the molecule is C[C@@]1(O)COCC[C@@H]1Oc1nc(NC2CCN(S(C)(=O)=O)CC2)ncc1C(F)(F)F. The molecule has 2 atom stereocenters. The summed E-state index contributed by atoms with van der Waals surface area (Å²) >= 11 is 0. The molecule has 0 bridgehead atoms. The Bertz CT molecular complexity index is 857. The van der Waals surface area contributed by atoms with Gasteiger partial charge in [-0.3, -0.25) is 0 Å². The number of nitrogens with zero attached hydrogens (tertiary/aromatic N) is 3. The second-order valence-electron chi connectivity index (χ2n) is 7.80. The van der Waals surface area contributed by atoms with E-state index in [2.05, 4.69) is 15.3 Å². The molecule has 1 aromatic rings. The fraction of sp³-hybridized carbons (Fsp3) is 0.765. The van der Waals surface area contributed by atoms with Crippen molar-refractivity contribution in [2.24, 2.45) is 0 Å². The lowest BCUT2D eigenvalue weighted by Gasteiger charge is -2.36. The number of rotatable bonds is 5. The molecular formula is C17H25F3N4O5S. The van der Waals surface area contributed by atoms with E-state index in [4.69, 9.17) is 9.47 Å². The number of aromatic nitrogens is 2. The number of ether oxygens (including phenoxy) is 2. The van der Waals surface area contributed by atoms with Crippen LogP contribution in [0.5, 0.6) is 5.88 Å². The van der Waals surface area contributed by atoms with Crippen molar-refractivity contribution in [3.63, 3.8) is 0 Å². The van der Waals surface area contributed by atoms with Crippen molar-refractivity contribution in [1.82, 2.24) is 14.3 Å². The summed E-state index contributed by atoms with van der Waals surface area (Å²) in [5, 5.41) is 13.3. The van der Waals surface area contributed by atoms with Gasteiger partial charge in [-0.2, -0.15) is 18.2 Å². The van der Waals surface area contributed by atoms with Gasteiger partial charge in [-0.25, -0.2) is 17.7 Å². The van der Waals surface area contributed by atoms with E-state index in [1.165, 1.54) is 11.2 Å².